The van der Waals surface area contributed by atoms with Crippen molar-refractivity contribution in [3.63, 3.8) is 0 Å². The second-order valence-electron chi connectivity index (χ2n) is 3.63. The number of benzene rings is 1. The third-order valence-electron chi connectivity index (χ3n) is 2.44. The van der Waals surface area contributed by atoms with Gasteiger partial charge in [-0.1, -0.05) is 31.2 Å². The minimum atomic E-state index is -2.96. The summed E-state index contributed by atoms with van der Waals surface area (Å²) in [6.07, 6.45) is -2.03. The SMILES string of the molecule is CCc1ccc(C(C)NC(=O)C(F)F)cc1. The van der Waals surface area contributed by atoms with E-state index >= 15 is 0 Å². The Balaban J connectivity index is 2.65. The Bertz CT molecular complexity index is 349. The van der Waals surface area contributed by atoms with E-state index in [1.165, 1.54) is 5.56 Å². The van der Waals surface area contributed by atoms with E-state index in [2.05, 4.69) is 5.32 Å². The van der Waals surface area contributed by atoms with Gasteiger partial charge in [-0.15, -0.1) is 0 Å². The molecule has 0 aliphatic carbocycles. The summed E-state index contributed by atoms with van der Waals surface area (Å²) in [5.41, 5.74) is 2.00. The van der Waals surface area contributed by atoms with E-state index in [1.54, 1.807) is 6.92 Å². The second-order valence-corrected chi connectivity index (χ2v) is 3.63. The van der Waals surface area contributed by atoms with Crippen molar-refractivity contribution in [2.45, 2.75) is 32.7 Å². The lowest BCUT2D eigenvalue weighted by atomic mass is 10.1. The van der Waals surface area contributed by atoms with E-state index in [1.807, 2.05) is 31.2 Å². The van der Waals surface area contributed by atoms with E-state index in [-0.39, 0.29) is 0 Å². The Morgan fingerprint density at radius 2 is 1.88 bits per heavy atom. The summed E-state index contributed by atoms with van der Waals surface area (Å²) < 4.78 is 24.0. The molecule has 0 aromatic heterocycles. The van der Waals surface area contributed by atoms with Gasteiger partial charge in [0.15, 0.2) is 0 Å². The van der Waals surface area contributed by atoms with Gasteiger partial charge in [-0.3, -0.25) is 4.79 Å². The van der Waals surface area contributed by atoms with Gasteiger partial charge >= 0.3 is 6.43 Å². The number of aryl methyl sites for hydroxylation is 1. The van der Waals surface area contributed by atoms with E-state index in [0.29, 0.717) is 0 Å². The zero-order valence-electron chi connectivity index (χ0n) is 9.34. The van der Waals surface area contributed by atoms with Crippen LogP contribution in [-0.4, -0.2) is 12.3 Å². The van der Waals surface area contributed by atoms with Crippen molar-refractivity contribution in [1.82, 2.24) is 5.32 Å². The molecule has 0 bridgehead atoms. The van der Waals surface area contributed by atoms with E-state index in [4.69, 9.17) is 0 Å². The number of hydrogen-bond donors (Lipinski definition) is 1. The Morgan fingerprint density at radius 1 is 1.31 bits per heavy atom. The molecule has 0 aliphatic rings. The van der Waals surface area contributed by atoms with Crippen LogP contribution in [0.5, 0.6) is 0 Å². The Labute approximate surface area is 93.7 Å². The van der Waals surface area contributed by atoms with Crippen molar-refractivity contribution in [3.05, 3.63) is 35.4 Å². The molecule has 0 fully saturated rings. The van der Waals surface area contributed by atoms with Gasteiger partial charge in [0.25, 0.3) is 5.91 Å². The van der Waals surface area contributed by atoms with Crippen molar-refractivity contribution in [2.24, 2.45) is 0 Å². The summed E-state index contributed by atoms with van der Waals surface area (Å²) in [4.78, 5) is 10.8. The molecule has 0 spiro atoms. The molecule has 1 atom stereocenters. The van der Waals surface area contributed by atoms with Crippen LogP contribution in [0, 0.1) is 0 Å². The number of halogens is 2. The minimum Gasteiger partial charge on any atom is -0.345 e. The summed E-state index contributed by atoms with van der Waals surface area (Å²) in [5, 5.41) is 2.24. The highest BCUT2D eigenvalue weighted by molar-refractivity contribution is 5.79. The van der Waals surface area contributed by atoms with Crippen LogP contribution >= 0.6 is 0 Å². The van der Waals surface area contributed by atoms with Crippen LogP contribution < -0.4 is 5.32 Å². The molecule has 1 amide bonds. The molecule has 0 radical (unpaired) electrons. The molecule has 1 aromatic carbocycles. The molecule has 0 saturated heterocycles. The molecule has 4 heteroatoms. The lowest BCUT2D eigenvalue weighted by molar-refractivity contribution is -0.132. The monoisotopic (exact) mass is 227 g/mol. The molecule has 1 N–H and O–H groups in total. The van der Waals surface area contributed by atoms with Crippen LogP contribution in [0.4, 0.5) is 8.78 Å². The normalized spacial score (nSPS) is 12.6. The molecular weight excluding hydrogens is 212 g/mol. The van der Waals surface area contributed by atoms with Gasteiger partial charge in [-0.05, 0) is 24.5 Å². The molecule has 1 unspecified atom stereocenters. The quantitative estimate of drug-likeness (QED) is 0.841. The van der Waals surface area contributed by atoms with Gasteiger partial charge in [0, 0.05) is 0 Å². The maximum Gasteiger partial charge on any atom is 0.315 e. The standard InChI is InChI=1S/C12H15F2NO/c1-3-9-4-6-10(7-5-9)8(2)15-12(16)11(13)14/h4-8,11H,3H2,1-2H3,(H,15,16). The smallest absolute Gasteiger partial charge is 0.315 e. The van der Waals surface area contributed by atoms with Crippen molar-refractivity contribution in [1.29, 1.82) is 0 Å². The summed E-state index contributed by atoms with van der Waals surface area (Å²) in [6.45, 7) is 3.72. The number of nitrogens with one attached hydrogen (secondary N) is 1. The van der Waals surface area contributed by atoms with Crippen molar-refractivity contribution < 1.29 is 13.6 Å². The molecule has 0 saturated carbocycles. The van der Waals surface area contributed by atoms with E-state index in [0.717, 1.165) is 12.0 Å². The van der Waals surface area contributed by atoms with Crippen LogP contribution in [-0.2, 0) is 11.2 Å². The summed E-state index contributed by atoms with van der Waals surface area (Å²) in [7, 11) is 0. The van der Waals surface area contributed by atoms with Crippen LogP contribution in [0.15, 0.2) is 24.3 Å². The van der Waals surface area contributed by atoms with Gasteiger partial charge in [0.05, 0.1) is 6.04 Å². The molecule has 1 aromatic rings. The van der Waals surface area contributed by atoms with Gasteiger partial charge < -0.3 is 5.32 Å². The summed E-state index contributed by atoms with van der Waals surface area (Å²) >= 11 is 0. The highest BCUT2D eigenvalue weighted by atomic mass is 19.3. The fraction of sp³-hybridized carbons (Fsp3) is 0.417. The molecule has 88 valence electrons. The van der Waals surface area contributed by atoms with Gasteiger partial charge in [0.2, 0.25) is 0 Å². The Kier molecular flexibility index (Phi) is 4.40. The maximum atomic E-state index is 12.0. The van der Waals surface area contributed by atoms with Crippen LogP contribution in [0.2, 0.25) is 0 Å². The number of amides is 1. The maximum absolute atomic E-state index is 12.0. The number of carbonyl (C=O) groups is 1. The topological polar surface area (TPSA) is 29.1 Å². The molecule has 16 heavy (non-hydrogen) atoms. The predicted octanol–water partition coefficient (Wildman–Crippen LogP) is 2.69. The average Bonchev–Trinajstić information content (AvgIpc) is 2.28. The molecule has 0 heterocycles. The largest absolute Gasteiger partial charge is 0.345 e. The van der Waals surface area contributed by atoms with E-state index in [9.17, 15) is 13.6 Å². The van der Waals surface area contributed by atoms with Crippen molar-refractivity contribution >= 4 is 5.91 Å². The zero-order valence-corrected chi connectivity index (χ0v) is 9.34. The third kappa shape index (κ3) is 3.29. The Hall–Kier alpha value is -1.45. The first-order valence-corrected chi connectivity index (χ1v) is 5.22. The van der Waals surface area contributed by atoms with Crippen LogP contribution in [0.25, 0.3) is 0 Å². The second kappa shape index (κ2) is 5.58. The van der Waals surface area contributed by atoms with Gasteiger partial charge in [-0.2, -0.15) is 8.78 Å². The fourth-order valence-electron chi connectivity index (χ4n) is 1.40. The number of alkyl halides is 2. The summed E-state index contributed by atoms with van der Waals surface area (Å²) in [6, 6.07) is 7.15. The van der Waals surface area contributed by atoms with Crippen LogP contribution in [0.1, 0.15) is 31.0 Å². The van der Waals surface area contributed by atoms with Gasteiger partial charge in [-0.25, -0.2) is 0 Å². The molecular formula is C12H15F2NO. The molecule has 1 rings (SSSR count). The number of hydrogen-bond acceptors (Lipinski definition) is 1. The Morgan fingerprint density at radius 3 is 2.31 bits per heavy atom. The van der Waals surface area contributed by atoms with E-state index < -0.39 is 18.4 Å². The van der Waals surface area contributed by atoms with Crippen molar-refractivity contribution in [2.75, 3.05) is 0 Å². The third-order valence-corrected chi connectivity index (χ3v) is 2.44. The summed E-state index contributed by atoms with van der Waals surface area (Å²) in [5.74, 6) is -1.23. The van der Waals surface area contributed by atoms with Crippen LogP contribution in [0.3, 0.4) is 0 Å². The fourth-order valence-corrected chi connectivity index (χ4v) is 1.40. The highest BCUT2D eigenvalue weighted by Gasteiger charge is 2.17. The lowest BCUT2D eigenvalue weighted by Gasteiger charge is -2.14. The molecule has 0 aliphatic heterocycles. The number of carbonyl (C=O) groups excluding carboxylic acids is 1. The highest BCUT2D eigenvalue weighted by Crippen LogP contribution is 2.14. The molecule has 2 nitrogen and oxygen atoms in total. The predicted molar refractivity (Wildman–Crippen MR) is 58.4 cm³/mol. The first-order valence-electron chi connectivity index (χ1n) is 5.22. The zero-order chi connectivity index (χ0) is 12.1. The van der Waals surface area contributed by atoms with Crippen molar-refractivity contribution in [3.8, 4) is 0 Å². The number of rotatable bonds is 4. The average molecular weight is 227 g/mol. The first kappa shape index (κ1) is 12.6. The minimum absolute atomic E-state index is 0.396. The first-order chi connectivity index (χ1) is 7.54. The lowest BCUT2D eigenvalue weighted by Crippen LogP contribution is -2.31. The van der Waals surface area contributed by atoms with Gasteiger partial charge in [0.1, 0.15) is 0 Å².